The van der Waals surface area contributed by atoms with Crippen LogP contribution >= 0.6 is 0 Å². The molecule has 1 unspecified atom stereocenters. The molecule has 4 nitrogen and oxygen atoms in total. The fourth-order valence-electron chi connectivity index (χ4n) is 1.53. The Morgan fingerprint density at radius 3 is 2.67 bits per heavy atom. The van der Waals surface area contributed by atoms with E-state index in [0.717, 1.165) is 5.56 Å². The maximum atomic E-state index is 11.5. The van der Waals surface area contributed by atoms with Crippen molar-refractivity contribution in [3.05, 3.63) is 30.1 Å². The summed E-state index contributed by atoms with van der Waals surface area (Å²) >= 11 is 0. The van der Waals surface area contributed by atoms with Crippen LogP contribution in [0.25, 0.3) is 0 Å². The summed E-state index contributed by atoms with van der Waals surface area (Å²) in [4.78, 5) is 15.5. The highest BCUT2D eigenvalue weighted by atomic mass is 16.1. The standard InChI is InChI=1S/C11H17N3O/c1-8(2)14-11(3,10(12)15)9-5-4-6-13-7-9/h4-8,14H,1-3H3,(H2,12,15). The third-order valence-corrected chi connectivity index (χ3v) is 2.31. The summed E-state index contributed by atoms with van der Waals surface area (Å²) < 4.78 is 0. The second kappa shape index (κ2) is 4.40. The van der Waals surface area contributed by atoms with Crippen LogP contribution in [0.4, 0.5) is 0 Å². The summed E-state index contributed by atoms with van der Waals surface area (Å²) in [6.45, 7) is 5.71. The van der Waals surface area contributed by atoms with E-state index in [0.29, 0.717) is 0 Å². The van der Waals surface area contributed by atoms with Gasteiger partial charge < -0.3 is 5.73 Å². The largest absolute Gasteiger partial charge is 0.368 e. The average Bonchev–Trinajstić information content (AvgIpc) is 2.17. The Labute approximate surface area is 89.9 Å². The lowest BCUT2D eigenvalue weighted by Crippen LogP contribution is -2.52. The van der Waals surface area contributed by atoms with E-state index in [1.165, 1.54) is 0 Å². The molecule has 0 aliphatic rings. The van der Waals surface area contributed by atoms with E-state index in [-0.39, 0.29) is 6.04 Å². The van der Waals surface area contributed by atoms with E-state index in [2.05, 4.69) is 10.3 Å². The molecule has 0 radical (unpaired) electrons. The van der Waals surface area contributed by atoms with Crippen LogP contribution in [0.3, 0.4) is 0 Å². The molecule has 4 heteroatoms. The van der Waals surface area contributed by atoms with Gasteiger partial charge in [0.2, 0.25) is 5.91 Å². The van der Waals surface area contributed by atoms with Crippen LogP contribution in [0.1, 0.15) is 26.3 Å². The second-order valence-electron chi connectivity index (χ2n) is 4.03. The number of pyridine rings is 1. The summed E-state index contributed by atoms with van der Waals surface area (Å²) in [5.41, 5.74) is 5.35. The normalized spacial score (nSPS) is 14.9. The molecule has 0 aliphatic carbocycles. The van der Waals surface area contributed by atoms with Gasteiger partial charge in [0.1, 0.15) is 5.54 Å². The summed E-state index contributed by atoms with van der Waals surface area (Å²) in [6, 6.07) is 3.80. The number of aromatic nitrogens is 1. The van der Waals surface area contributed by atoms with Gasteiger partial charge in [-0.25, -0.2) is 0 Å². The molecule has 0 aromatic carbocycles. The predicted molar refractivity (Wildman–Crippen MR) is 59.1 cm³/mol. The molecule has 1 rings (SSSR count). The van der Waals surface area contributed by atoms with Gasteiger partial charge in [-0.2, -0.15) is 0 Å². The van der Waals surface area contributed by atoms with Crippen molar-refractivity contribution in [2.75, 3.05) is 0 Å². The number of amides is 1. The molecule has 1 aromatic rings. The van der Waals surface area contributed by atoms with Crippen LogP contribution in [0.15, 0.2) is 24.5 Å². The predicted octanol–water partition coefficient (Wildman–Crippen LogP) is 0.780. The topological polar surface area (TPSA) is 68.0 Å². The van der Waals surface area contributed by atoms with Crippen LogP contribution in [-0.4, -0.2) is 16.9 Å². The van der Waals surface area contributed by atoms with Gasteiger partial charge in [-0.3, -0.25) is 15.1 Å². The number of carbonyl (C=O) groups is 1. The Morgan fingerprint density at radius 2 is 2.27 bits per heavy atom. The van der Waals surface area contributed by atoms with Crippen LogP contribution < -0.4 is 11.1 Å². The highest BCUT2D eigenvalue weighted by Crippen LogP contribution is 2.19. The zero-order valence-electron chi connectivity index (χ0n) is 9.32. The second-order valence-corrected chi connectivity index (χ2v) is 4.03. The van der Waals surface area contributed by atoms with Gasteiger partial charge in [0, 0.05) is 18.4 Å². The van der Waals surface area contributed by atoms with Crippen molar-refractivity contribution in [3.63, 3.8) is 0 Å². The lowest BCUT2D eigenvalue weighted by atomic mass is 9.92. The van der Waals surface area contributed by atoms with Crippen molar-refractivity contribution in [2.45, 2.75) is 32.4 Å². The first kappa shape index (κ1) is 11.7. The molecule has 1 atom stereocenters. The van der Waals surface area contributed by atoms with E-state index >= 15 is 0 Å². The van der Waals surface area contributed by atoms with Gasteiger partial charge in [-0.15, -0.1) is 0 Å². The lowest BCUT2D eigenvalue weighted by Gasteiger charge is -2.29. The first-order chi connectivity index (χ1) is 6.97. The van der Waals surface area contributed by atoms with Gasteiger partial charge >= 0.3 is 0 Å². The summed E-state index contributed by atoms with van der Waals surface area (Å²) in [7, 11) is 0. The van der Waals surface area contributed by atoms with Crippen molar-refractivity contribution in [2.24, 2.45) is 5.73 Å². The SMILES string of the molecule is CC(C)NC(C)(C(N)=O)c1cccnc1. The molecule has 0 aliphatic heterocycles. The van der Waals surface area contributed by atoms with Crippen molar-refractivity contribution < 1.29 is 4.79 Å². The molecule has 1 heterocycles. The van der Waals surface area contributed by atoms with Gasteiger partial charge in [0.05, 0.1) is 0 Å². The number of nitrogens with two attached hydrogens (primary N) is 1. The number of nitrogens with zero attached hydrogens (tertiary/aromatic N) is 1. The fraction of sp³-hybridized carbons (Fsp3) is 0.455. The van der Waals surface area contributed by atoms with Gasteiger partial charge in [-0.05, 0) is 32.4 Å². The molecule has 1 amide bonds. The Morgan fingerprint density at radius 1 is 1.60 bits per heavy atom. The van der Waals surface area contributed by atoms with Crippen LogP contribution in [-0.2, 0) is 10.3 Å². The third-order valence-electron chi connectivity index (χ3n) is 2.31. The number of rotatable bonds is 4. The molecule has 0 saturated heterocycles. The molecule has 82 valence electrons. The van der Waals surface area contributed by atoms with E-state index < -0.39 is 11.4 Å². The Balaban J connectivity index is 3.07. The molecule has 0 fully saturated rings. The van der Waals surface area contributed by atoms with Gasteiger partial charge in [-0.1, -0.05) is 6.07 Å². The molecule has 0 spiro atoms. The van der Waals surface area contributed by atoms with Crippen molar-refractivity contribution in [1.29, 1.82) is 0 Å². The van der Waals surface area contributed by atoms with E-state index in [1.807, 2.05) is 19.9 Å². The monoisotopic (exact) mass is 207 g/mol. The molecule has 15 heavy (non-hydrogen) atoms. The van der Waals surface area contributed by atoms with Gasteiger partial charge in [0.25, 0.3) is 0 Å². The van der Waals surface area contributed by atoms with E-state index in [4.69, 9.17) is 5.73 Å². The minimum atomic E-state index is -0.859. The van der Waals surface area contributed by atoms with Crippen LogP contribution in [0.5, 0.6) is 0 Å². The van der Waals surface area contributed by atoms with E-state index in [9.17, 15) is 4.79 Å². The highest BCUT2D eigenvalue weighted by molar-refractivity contribution is 5.85. The quantitative estimate of drug-likeness (QED) is 0.766. The van der Waals surface area contributed by atoms with Crippen LogP contribution in [0, 0.1) is 0 Å². The van der Waals surface area contributed by atoms with Crippen LogP contribution in [0.2, 0.25) is 0 Å². The fourth-order valence-corrected chi connectivity index (χ4v) is 1.53. The number of hydrogen-bond donors (Lipinski definition) is 2. The lowest BCUT2D eigenvalue weighted by molar-refractivity contribution is -0.124. The zero-order chi connectivity index (χ0) is 11.5. The van der Waals surface area contributed by atoms with Crippen molar-refractivity contribution >= 4 is 5.91 Å². The summed E-state index contributed by atoms with van der Waals surface area (Å²) in [5, 5.41) is 3.16. The molecular weight excluding hydrogens is 190 g/mol. The first-order valence-corrected chi connectivity index (χ1v) is 4.95. The Bertz CT molecular complexity index is 337. The number of carbonyl (C=O) groups excluding carboxylic acids is 1. The molecule has 3 N–H and O–H groups in total. The molecular formula is C11H17N3O. The maximum Gasteiger partial charge on any atom is 0.242 e. The molecule has 0 bridgehead atoms. The van der Waals surface area contributed by atoms with Crippen molar-refractivity contribution in [3.8, 4) is 0 Å². The maximum absolute atomic E-state index is 11.5. The Hall–Kier alpha value is -1.42. The smallest absolute Gasteiger partial charge is 0.242 e. The number of hydrogen-bond acceptors (Lipinski definition) is 3. The van der Waals surface area contributed by atoms with Crippen molar-refractivity contribution in [1.82, 2.24) is 10.3 Å². The average molecular weight is 207 g/mol. The Kier molecular flexibility index (Phi) is 3.42. The number of primary amides is 1. The highest BCUT2D eigenvalue weighted by Gasteiger charge is 2.33. The minimum absolute atomic E-state index is 0.169. The minimum Gasteiger partial charge on any atom is -0.368 e. The van der Waals surface area contributed by atoms with Gasteiger partial charge in [0.15, 0.2) is 0 Å². The molecule has 1 aromatic heterocycles. The first-order valence-electron chi connectivity index (χ1n) is 4.95. The third kappa shape index (κ3) is 2.53. The van der Waals surface area contributed by atoms with E-state index in [1.54, 1.807) is 25.4 Å². The summed E-state index contributed by atoms with van der Waals surface area (Å²) in [5.74, 6) is -0.399. The molecule has 0 saturated carbocycles. The number of nitrogens with one attached hydrogen (secondary N) is 1. The summed E-state index contributed by atoms with van der Waals surface area (Å²) in [6.07, 6.45) is 3.32. The zero-order valence-corrected chi connectivity index (χ0v) is 9.32.